The van der Waals surface area contributed by atoms with E-state index in [-0.39, 0.29) is 5.54 Å². The molecule has 0 aliphatic carbocycles. The van der Waals surface area contributed by atoms with Crippen LogP contribution in [0.25, 0.3) is 0 Å². The molecule has 0 bridgehead atoms. The van der Waals surface area contributed by atoms with Crippen LogP contribution in [-0.4, -0.2) is 36.6 Å². The van der Waals surface area contributed by atoms with Gasteiger partial charge in [-0.25, -0.2) is 0 Å². The number of nitrogens with one attached hydrogen (secondary N) is 1. The van der Waals surface area contributed by atoms with Crippen molar-refractivity contribution >= 4 is 0 Å². The van der Waals surface area contributed by atoms with Gasteiger partial charge in [0.2, 0.25) is 0 Å². The number of hydrogen-bond donors (Lipinski definition) is 1. The summed E-state index contributed by atoms with van der Waals surface area (Å²) in [5.74, 6) is 1.71. The monoisotopic (exact) mass is 238 g/mol. The third-order valence-corrected chi connectivity index (χ3v) is 3.73. The highest BCUT2D eigenvalue weighted by Gasteiger charge is 2.22. The lowest BCUT2D eigenvalue weighted by Gasteiger charge is -2.36. The summed E-state index contributed by atoms with van der Waals surface area (Å²) in [7, 11) is 0. The quantitative estimate of drug-likeness (QED) is 0.758. The maximum atomic E-state index is 4.19. The molecule has 1 N–H and O–H groups in total. The second kappa shape index (κ2) is 6.01. The largest absolute Gasteiger partial charge is 0.308 e. The van der Waals surface area contributed by atoms with Crippen LogP contribution in [0.15, 0.2) is 12.2 Å². The average Bonchev–Trinajstić information content (AvgIpc) is 2.20. The lowest BCUT2D eigenvalue weighted by atomic mass is 9.88. The van der Waals surface area contributed by atoms with Crippen LogP contribution in [0, 0.1) is 11.8 Å². The molecule has 2 atom stereocenters. The molecule has 1 saturated heterocycles. The van der Waals surface area contributed by atoms with Crippen LogP contribution < -0.4 is 5.32 Å². The molecular formula is C15H30N2. The first-order chi connectivity index (χ1) is 7.78. The Morgan fingerprint density at radius 3 is 2.47 bits per heavy atom. The number of likely N-dealkylation sites (tertiary alicyclic amines) is 1. The second-order valence-electron chi connectivity index (χ2n) is 6.83. The van der Waals surface area contributed by atoms with E-state index in [1.54, 1.807) is 0 Å². The molecule has 0 aromatic heterocycles. The molecule has 1 aliphatic heterocycles. The van der Waals surface area contributed by atoms with E-state index < -0.39 is 0 Å². The summed E-state index contributed by atoms with van der Waals surface area (Å²) in [5, 5.41) is 3.50. The highest BCUT2D eigenvalue weighted by Crippen LogP contribution is 2.22. The normalized spacial score (nSPS) is 27.1. The molecule has 1 fully saturated rings. The van der Waals surface area contributed by atoms with Gasteiger partial charge in [0.1, 0.15) is 0 Å². The molecule has 1 heterocycles. The van der Waals surface area contributed by atoms with E-state index in [0.717, 1.165) is 24.9 Å². The molecule has 0 aromatic carbocycles. The highest BCUT2D eigenvalue weighted by molar-refractivity contribution is 5.01. The van der Waals surface area contributed by atoms with Crippen molar-refractivity contribution in [2.75, 3.05) is 26.2 Å². The third kappa shape index (κ3) is 5.69. The predicted molar refractivity (Wildman–Crippen MR) is 76.3 cm³/mol. The molecule has 0 saturated carbocycles. The first kappa shape index (κ1) is 14.7. The number of piperidine rings is 1. The molecule has 2 heteroatoms. The summed E-state index contributed by atoms with van der Waals surface area (Å²) in [6.07, 6.45) is 1.33. The van der Waals surface area contributed by atoms with Crippen molar-refractivity contribution in [2.45, 2.75) is 46.6 Å². The Bertz CT molecular complexity index is 252. The Morgan fingerprint density at radius 2 is 1.94 bits per heavy atom. The van der Waals surface area contributed by atoms with Crippen molar-refractivity contribution in [3.63, 3.8) is 0 Å². The lowest BCUT2D eigenvalue weighted by Crippen LogP contribution is -2.42. The minimum atomic E-state index is 0.187. The number of hydrogen-bond acceptors (Lipinski definition) is 2. The van der Waals surface area contributed by atoms with Gasteiger partial charge in [0, 0.05) is 25.2 Å². The zero-order valence-electron chi connectivity index (χ0n) is 12.3. The minimum absolute atomic E-state index is 0.187. The SMILES string of the molecule is C=C(CNC(C)(C)C)CN1CCC(C)C(C)C1. The Balaban J connectivity index is 2.27. The van der Waals surface area contributed by atoms with E-state index >= 15 is 0 Å². The average molecular weight is 238 g/mol. The molecule has 17 heavy (non-hydrogen) atoms. The maximum absolute atomic E-state index is 4.19. The van der Waals surface area contributed by atoms with Gasteiger partial charge in [0.25, 0.3) is 0 Å². The topological polar surface area (TPSA) is 15.3 Å². The Labute approximate surface area is 107 Å². The first-order valence-electron chi connectivity index (χ1n) is 6.92. The Kier molecular flexibility index (Phi) is 5.21. The molecule has 0 spiro atoms. The van der Waals surface area contributed by atoms with Crippen LogP contribution in [0.2, 0.25) is 0 Å². The first-order valence-corrected chi connectivity index (χ1v) is 6.92. The molecule has 0 amide bonds. The summed E-state index contributed by atoms with van der Waals surface area (Å²) in [4.78, 5) is 2.55. The van der Waals surface area contributed by atoms with Crippen molar-refractivity contribution in [1.29, 1.82) is 0 Å². The summed E-state index contributed by atoms with van der Waals surface area (Å²) in [6.45, 7) is 20.0. The summed E-state index contributed by atoms with van der Waals surface area (Å²) >= 11 is 0. The van der Waals surface area contributed by atoms with Gasteiger partial charge in [-0.3, -0.25) is 4.90 Å². The summed E-state index contributed by atoms with van der Waals surface area (Å²) in [6, 6.07) is 0. The van der Waals surface area contributed by atoms with Crippen molar-refractivity contribution in [1.82, 2.24) is 10.2 Å². The molecule has 0 radical (unpaired) electrons. The van der Waals surface area contributed by atoms with Gasteiger partial charge in [-0.2, -0.15) is 0 Å². The molecule has 2 nitrogen and oxygen atoms in total. The molecule has 1 rings (SSSR count). The predicted octanol–water partition coefficient (Wildman–Crippen LogP) is 2.91. The molecule has 1 aliphatic rings. The minimum Gasteiger partial charge on any atom is -0.308 e. The smallest absolute Gasteiger partial charge is 0.0202 e. The van der Waals surface area contributed by atoms with Crippen molar-refractivity contribution in [3.8, 4) is 0 Å². The summed E-state index contributed by atoms with van der Waals surface area (Å²) < 4.78 is 0. The molecule has 2 unspecified atom stereocenters. The Hall–Kier alpha value is -0.340. The van der Waals surface area contributed by atoms with E-state index in [1.165, 1.54) is 25.1 Å². The summed E-state index contributed by atoms with van der Waals surface area (Å²) in [5.41, 5.74) is 1.49. The Morgan fingerprint density at radius 1 is 1.29 bits per heavy atom. The molecule has 0 aromatic rings. The second-order valence-corrected chi connectivity index (χ2v) is 6.83. The van der Waals surface area contributed by atoms with E-state index in [4.69, 9.17) is 0 Å². The van der Waals surface area contributed by atoms with Crippen LogP contribution in [-0.2, 0) is 0 Å². The third-order valence-electron chi connectivity index (χ3n) is 3.73. The van der Waals surface area contributed by atoms with Crippen LogP contribution in [0.1, 0.15) is 41.0 Å². The zero-order chi connectivity index (χ0) is 13.1. The van der Waals surface area contributed by atoms with E-state index in [2.05, 4.69) is 51.4 Å². The van der Waals surface area contributed by atoms with Crippen molar-refractivity contribution in [2.24, 2.45) is 11.8 Å². The van der Waals surface area contributed by atoms with Gasteiger partial charge in [-0.05, 0) is 51.1 Å². The fraction of sp³-hybridized carbons (Fsp3) is 0.867. The van der Waals surface area contributed by atoms with E-state index in [0.29, 0.717) is 0 Å². The van der Waals surface area contributed by atoms with Gasteiger partial charge in [-0.15, -0.1) is 0 Å². The number of rotatable bonds is 4. The van der Waals surface area contributed by atoms with Crippen molar-refractivity contribution in [3.05, 3.63) is 12.2 Å². The van der Waals surface area contributed by atoms with Crippen LogP contribution in [0.5, 0.6) is 0 Å². The van der Waals surface area contributed by atoms with Crippen LogP contribution in [0.3, 0.4) is 0 Å². The maximum Gasteiger partial charge on any atom is 0.0202 e. The van der Waals surface area contributed by atoms with Gasteiger partial charge < -0.3 is 5.32 Å². The van der Waals surface area contributed by atoms with E-state index in [9.17, 15) is 0 Å². The molecular weight excluding hydrogens is 208 g/mol. The fourth-order valence-electron chi connectivity index (χ4n) is 2.26. The standard InChI is InChI=1S/C15H30N2/c1-12(9-16-15(4,5)6)10-17-8-7-13(2)14(3)11-17/h13-14,16H,1,7-11H2,2-6H3. The highest BCUT2D eigenvalue weighted by atomic mass is 15.1. The van der Waals surface area contributed by atoms with E-state index in [1.807, 2.05) is 0 Å². The van der Waals surface area contributed by atoms with Crippen LogP contribution in [0.4, 0.5) is 0 Å². The zero-order valence-corrected chi connectivity index (χ0v) is 12.3. The van der Waals surface area contributed by atoms with Gasteiger partial charge >= 0.3 is 0 Å². The molecule has 100 valence electrons. The lowest BCUT2D eigenvalue weighted by molar-refractivity contribution is 0.148. The van der Waals surface area contributed by atoms with Gasteiger partial charge in [0.05, 0.1) is 0 Å². The van der Waals surface area contributed by atoms with Gasteiger partial charge in [0.15, 0.2) is 0 Å². The van der Waals surface area contributed by atoms with Crippen LogP contribution >= 0.6 is 0 Å². The number of nitrogens with zero attached hydrogens (tertiary/aromatic N) is 1. The van der Waals surface area contributed by atoms with Gasteiger partial charge in [-0.1, -0.05) is 20.4 Å². The fourth-order valence-corrected chi connectivity index (χ4v) is 2.26. The van der Waals surface area contributed by atoms with Crippen molar-refractivity contribution < 1.29 is 0 Å².